The van der Waals surface area contributed by atoms with Gasteiger partial charge < -0.3 is 5.32 Å². The monoisotopic (exact) mass is 238 g/mol. The van der Waals surface area contributed by atoms with Crippen LogP contribution < -0.4 is 5.32 Å². The van der Waals surface area contributed by atoms with Crippen molar-refractivity contribution in [1.82, 2.24) is 10.2 Å². The Bertz CT molecular complexity index is 213. The van der Waals surface area contributed by atoms with Gasteiger partial charge in [0.1, 0.15) is 0 Å². The van der Waals surface area contributed by atoms with Crippen LogP contribution in [-0.2, 0) is 0 Å². The van der Waals surface area contributed by atoms with Crippen molar-refractivity contribution < 1.29 is 0 Å². The molecule has 2 nitrogen and oxygen atoms in total. The maximum atomic E-state index is 3.58. The first-order valence-corrected chi connectivity index (χ1v) is 7.79. The molecule has 2 rings (SSSR count). The first-order valence-electron chi connectivity index (χ1n) is 7.79. The molecule has 1 N–H and O–H groups in total. The third kappa shape index (κ3) is 3.96. The summed E-state index contributed by atoms with van der Waals surface area (Å²) in [6.45, 7) is 9.77. The van der Waals surface area contributed by atoms with Crippen LogP contribution in [0, 0.1) is 11.8 Å². The molecular weight excluding hydrogens is 208 g/mol. The highest BCUT2D eigenvalue weighted by Crippen LogP contribution is 2.36. The van der Waals surface area contributed by atoms with Gasteiger partial charge in [0, 0.05) is 32.2 Å². The molecule has 0 bridgehead atoms. The van der Waals surface area contributed by atoms with Crippen LogP contribution in [0.15, 0.2) is 0 Å². The summed E-state index contributed by atoms with van der Waals surface area (Å²) in [5.74, 6) is 1.96. The summed E-state index contributed by atoms with van der Waals surface area (Å²) < 4.78 is 0. The second-order valence-corrected chi connectivity index (χ2v) is 6.02. The Morgan fingerprint density at radius 2 is 2.12 bits per heavy atom. The fourth-order valence-corrected chi connectivity index (χ4v) is 3.19. The van der Waals surface area contributed by atoms with E-state index in [0.29, 0.717) is 0 Å². The third-order valence-electron chi connectivity index (χ3n) is 4.60. The van der Waals surface area contributed by atoms with E-state index in [0.717, 1.165) is 17.9 Å². The molecule has 1 aliphatic heterocycles. The van der Waals surface area contributed by atoms with Gasteiger partial charge >= 0.3 is 0 Å². The lowest BCUT2D eigenvalue weighted by atomic mass is 9.97. The van der Waals surface area contributed by atoms with Crippen molar-refractivity contribution in [3.8, 4) is 0 Å². The number of hydrogen-bond donors (Lipinski definition) is 1. The smallest absolute Gasteiger partial charge is 0.0249 e. The van der Waals surface area contributed by atoms with Crippen LogP contribution in [0.4, 0.5) is 0 Å². The Morgan fingerprint density at radius 3 is 2.76 bits per heavy atom. The molecule has 2 atom stereocenters. The highest BCUT2D eigenvalue weighted by Gasteiger charge is 2.36. The molecule has 0 spiro atoms. The Hall–Kier alpha value is -0.0800. The van der Waals surface area contributed by atoms with E-state index in [1.165, 1.54) is 64.7 Å². The van der Waals surface area contributed by atoms with Gasteiger partial charge in [-0.2, -0.15) is 0 Å². The lowest BCUT2D eigenvalue weighted by Gasteiger charge is -2.38. The molecule has 0 aromatic carbocycles. The van der Waals surface area contributed by atoms with E-state index in [9.17, 15) is 0 Å². The molecule has 2 aliphatic rings. The van der Waals surface area contributed by atoms with Crippen molar-refractivity contribution in [2.75, 3.05) is 26.2 Å². The molecule has 1 aliphatic carbocycles. The first-order chi connectivity index (χ1) is 8.35. The summed E-state index contributed by atoms with van der Waals surface area (Å²) in [6, 6.07) is 0.861. The normalized spacial score (nSPS) is 28.2. The molecular formula is C15H30N2. The highest BCUT2D eigenvalue weighted by molar-refractivity contribution is 4.92. The van der Waals surface area contributed by atoms with E-state index in [-0.39, 0.29) is 0 Å². The third-order valence-corrected chi connectivity index (χ3v) is 4.60. The maximum absolute atomic E-state index is 3.58. The SMILES string of the molecule is CCCCC(CC)CN1CCNCC1C1CC1. The summed E-state index contributed by atoms with van der Waals surface area (Å²) in [4.78, 5) is 2.80. The number of hydrogen-bond acceptors (Lipinski definition) is 2. The Kier molecular flexibility index (Phi) is 5.30. The van der Waals surface area contributed by atoms with Crippen LogP contribution >= 0.6 is 0 Å². The van der Waals surface area contributed by atoms with Gasteiger partial charge in [-0.3, -0.25) is 4.90 Å². The number of rotatable bonds is 7. The van der Waals surface area contributed by atoms with E-state index in [4.69, 9.17) is 0 Å². The molecule has 2 heteroatoms. The maximum Gasteiger partial charge on any atom is 0.0249 e. The van der Waals surface area contributed by atoms with E-state index >= 15 is 0 Å². The van der Waals surface area contributed by atoms with Crippen molar-refractivity contribution >= 4 is 0 Å². The van der Waals surface area contributed by atoms with Crippen LogP contribution in [0.2, 0.25) is 0 Å². The van der Waals surface area contributed by atoms with Crippen LogP contribution in [0.5, 0.6) is 0 Å². The fraction of sp³-hybridized carbons (Fsp3) is 1.00. The van der Waals surface area contributed by atoms with Crippen molar-refractivity contribution in [1.29, 1.82) is 0 Å². The minimum Gasteiger partial charge on any atom is -0.314 e. The van der Waals surface area contributed by atoms with Gasteiger partial charge in [0.15, 0.2) is 0 Å². The average molecular weight is 238 g/mol. The van der Waals surface area contributed by atoms with Gasteiger partial charge in [0.2, 0.25) is 0 Å². The Balaban J connectivity index is 1.80. The molecule has 0 amide bonds. The molecule has 2 fully saturated rings. The van der Waals surface area contributed by atoms with Crippen LogP contribution in [0.25, 0.3) is 0 Å². The van der Waals surface area contributed by atoms with Crippen molar-refractivity contribution in [2.45, 2.75) is 58.4 Å². The number of unbranched alkanes of at least 4 members (excludes halogenated alkanes) is 1. The molecule has 100 valence electrons. The summed E-state index contributed by atoms with van der Waals surface area (Å²) in [6.07, 6.45) is 8.53. The number of nitrogens with zero attached hydrogens (tertiary/aromatic N) is 1. The van der Waals surface area contributed by atoms with E-state index in [1.54, 1.807) is 0 Å². The predicted octanol–water partition coefficient (Wildman–Crippen LogP) is 2.89. The van der Waals surface area contributed by atoms with Gasteiger partial charge in [-0.15, -0.1) is 0 Å². The van der Waals surface area contributed by atoms with Gasteiger partial charge in [0.05, 0.1) is 0 Å². The molecule has 0 radical (unpaired) electrons. The van der Waals surface area contributed by atoms with Crippen LogP contribution in [0.1, 0.15) is 52.4 Å². The molecule has 17 heavy (non-hydrogen) atoms. The standard InChI is InChI=1S/C15H30N2/c1-3-5-6-13(4-2)12-17-10-9-16-11-15(17)14-7-8-14/h13-16H,3-12H2,1-2H3. The van der Waals surface area contributed by atoms with Gasteiger partial charge in [-0.05, 0) is 31.1 Å². The quantitative estimate of drug-likeness (QED) is 0.733. The Morgan fingerprint density at radius 1 is 1.29 bits per heavy atom. The van der Waals surface area contributed by atoms with Crippen molar-refractivity contribution in [2.24, 2.45) is 11.8 Å². The summed E-state index contributed by atoms with van der Waals surface area (Å²) in [5.41, 5.74) is 0. The fourth-order valence-electron chi connectivity index (χ4n) is 3.19. The zero-order valence-corrected chi connectivity index (χ0v) is 11.8. The average Bonchev–Trinajstić information content (AvgIpc) is 3.19. The van der Waals surface area contributed by atoms with Crippen molar-refractivity contribution in [3.05, 3.63) is 0 Å². The summed E-state index contributed by atoms with van der Waals surface area (Å²) in [7, 11) is 0. The number of piperazine rings is 1. The second-order valence-electron chi connectivity index (χ2n) is 6.02. The zero-order valence-electron chi connectivity index (χ0n) is 11.8. The van der Waals surface area contributed by atoms with Gasteiger partial charge in [-0.25, -0.2) is 0 Å². The molecule has 0 aromatic rings. The summed E-state index contributed by atoms with van der Waals surface area (Å²) >= 11 is 0. The predicted molar refractivity (Wildman–Crippen MR) is 74.3 cm³/mol. The van der Waals surface area contributed by atoms with Crippen LogP contribution in [-0.4, -0.2) is 37.1 Å². The molecule has 0 aromatic heterocycles. The van der Waals surface area contributed by atoms with Gasteiger partial charge in [-0.1, -0.05) is 33.1 Å². The minimum atomic E-state index is 0.861. The minimum absolute atomic E-state index is 0.861. The van der Waals surface area contributed by atoms with Gasteiger partial charge in [0.25, 0.3) is 0 Å². The van der Waals surface area contributed by atoms with E-state index in [1.807, 2.05) is 0 Å². The van der Waals surface area contributed by atoms with E-state index < -0.39 is 0 Å². The molecule has 1 saturated heterocycles. The lowest BCUT2D eigenvalue weighted by Crippen LogP contribution is -2.53. The highest BCUT2D eigenvalue weighted by atomic mass is 15.2. The molecule has 1 heterocycles. The largest absolute Gasteiger partial charge is 0.314 e. The zero-order chi connectivity index (χ0) is 12.1. The van der Waals surface area contributed by atoms with Crippen LogP contribution in [0.3, 0.4) is 0 Å². The topological polar surface area (TPSA) is 15.3 Å². The second kappa shape index (κ2) is 6.75. The summed E-state index contributed by atoms with van der Waals surface area (Å²) in [5, 5.41) is 3.58. The van der Waals surface area contributed by atoms with Crippen molar-refractivity contribution in [3.63, 3.8) is 0 Å². The first kappa shape index (κ1) is 13.4. The molecule has 2 unspecified atom stereocenters. The van der Waals surface area contributed by atoms with E-state index in [2.05, 4.69) is 24.1 Å². The lowest BCUT2D eigenvalue weighted by molar-refractivity contribution is 0.117. The molecule has 1 saturated carbocycles. The Labute approximate surface area is 107 Å². The number of nitrogens with one attached hydrogen (secondary N) is 1.